The first kappa shape index (κ1) is 15.7. The number of nitrogens with zero attached hydrogens (tertiary/aromatic N) is 1. The molecule has 6 heteroatoms. The molecule has 2 rings (SSSR count). The SMILES string of the molecule is COCc1cc(C(=O)NC(C)(CBr)c2ccccc2)no1. The van der Waals surface area contributed by atoms with Crippen molar-refractivity contribution in [3.63, 3.8) is 0 Å². The first-order valence-corrected chi connectivity index (χ1v) is 7.60. The third-order valence-electron chi connectivity index (χ3n) is 3.15. The summed E-state index contributed by atoms with van der Waals surface area (Å²) in [6, 6.07) is 11.3. The highest BCUT2D eigenvalue weighted by molar-refractivity contribution is 9.09. The fraction of sp³-hybridized carbons (Fsp3) is 0.333. The van der Waals surface area contributed by atoms with E-state index in [9.17, 15) is 4.79 Å². The second kappa shape index (κ2) is 6.87. The minimum atomic E-state index is -0.529. The first-order valence-electron chi connectivity index (χ1n) is 6.47. The summed E-state index contributed by atoms with van der Waals surface area (Å²) < 4.78 is 9.97. The van der Waals surface area contributed by atoms with Gasteiger partial charge in [0.15, 0.2) is 11.5 Å². The van der Waals surface area contributed by atoms with E-state index in [1.165, 1.54) is 0 Å². The molecular formula is C15H17BrN2O3. The van der Waals surface area contributed by atoms with Gasteiger partial charge in [0, 0.05) is 18.5 Å². The summed E-state index contributed by atoms with van der Waals surface area (Å²) in [5.41, 5.74) is 0.722. The Bertz CT molecular complexity index is 600. The predicted molar refractivity (Wildman–Crippen MR) is 82.3 cm³/mol. The highest BCUT2D eigenvalue weighted by Gasteiger charge is 2.28. The molecule has 0 bridgehead atoms. The van der Waals surface area contributed by atoms with Crippen LogP contribution >= 0.6 is 15.9 Å². The van der Waals surface area contributed by atoms with E-state index in [1.807, 2.05) is 37.3 Å². The van der Waals surface area contributed by atoms with Crippen LogP contribution in [0.5, 0.6) is 0 Å². The molecule has 0 aliphatic rings. The molecule has 1 unspecified atom stereocenters. The van der Waals surface area contributed by atoms with Gasteiger partial charge in [-0.15, -0.1) is 0 Å². The zero-order valence-electron chi connectivity index (χ0n) is 11.9. The van der Waals surface area contributed by atoms with Gasteiger partial charge in [-0.2, -0.15) is 0 Å². The van der Waals surface area contributed by atoms with Crippen LogP contribution in [-0.2, 0) is 16.9 Å². The number of ether oxygens (including phenoxy) is 1. The van der Waals surface area contributed by atoms with Gasteiger partial charge < -0.3 is 14.6 Å². The summed E-state index contributed by atoms with van der Waals surface area (Å²) in [5.74, 6) is 0.231. The lowest BCUT2D eigenvalue weighted by atomic mass is 9.94. The number of halogens is 1. The number of amides is 1. The Labute approximate surface area is 131 Å². The Kier molecular flexibility index (Phi) is 5.14. The van der Waals surface area contributed by atoms with Crippen molar-refractivity contribution in [2.75, 3.05) is 12.4 Å². The van der Waals surface area contributed by atoms with Crippen LogP contribution in [0.1, 0.15) is 28.7 Å². The molecule has 2 aromatic rings. The van der Waals surface area contributed by atoms with Gasteiger partial charge in [-0.25, -0.2) is 0 Å². The van der Waals surface area contributed by atoms with E-state index in [0.717, 1.165) is 5.56 Å². The van der Waals surface area contributed by atoms with Crippen LogP contribution in [0.25, 0.3) is 0 Å². The normalized spacial score (nSPS) is 13.7. The number of hydrogen-bond donors (Lipinski definition) is 1. The Morgan fingerprint density at radius 2 is 2.14 bits per heavy atom. The smallest absolute Gasteiger partial charge is 0.274 e. The molecule has 1 atom stereocenters. The molecule has 0 aliphatic carbocycles. The van der Waals surface area contributed by atoms with Crippen molar-refractivity contribution in [2.24, 2.45) is 0 Å². The van der Waals surface area contributed by atoms with Crippen LogP contribution in [-0.4, -0.2) is 23.5 Å². The van der Waals surface area contributed by atoms with E-state index in [4.69, 9.17) is 9.26 Å². The first-order chi connectivity index (χ1) is 10.1. The van der Waals surface area contributed by atoms with Crippen LogP contribution in [0, 0.1) is 0 Å². The Morgan fingerprint density at radius 1 is 1.43 bits per heavy atom. The van der Waals surface area contributed by atoms with E-state index in [1.54, 1.807) is 13.2 Å². The van der Waals surface area contributed by atoms with Gasteiger partial charge in [0.2, 0.25) is 0 Å². The molecule has 1 aromatic heterocycles. The maximum absolute atomic E-state index is 12.3. The molecule has 0 saturated heterocycles. The van der Waals surface area contributed by atoms with Crippen LogP contribution in [0.4, 0.5) is 0 Å². The Morgan fingerprint density at radius 3 is 2.76 bits per heavy atom. The standard InChI is InChI=1S/C15H17BrN2O3/c1-15(10-16,11-6-4-3-5-7-11)17-14(19)13-8-12(9-20-2)21-18-13/h3-8H,9-10H2,1-2H3,(H,17,19). The summed E-state index contributed by atoms with van der Waals surface area (Å²) in [6.45, 7) is 2.24. The molecule has 0 aliphatic heterocycles. The number of nitrogens with one attached hydrogen (secondary N) is 1. The van der Waals surface area contributed by atoms with Gasteiger partial charge in [0.05, 0.1) is 5.54 Å². The van der Waals surface area contributed by atoms with Crippen molar-refractivity contribution in [3.05, 3.63) is 53.4 Å². The summed E-state index contributed by atoms with van der Waals surface area (Å²) in [5, 5.41) is 7.33. The van der Waals surface area contributed by atoms with Gasteiger partial charge in [-0.05, 0) is 12.5 Å². The van der Waals surface area contributed by atoms with Crippen molar-refractivity contribution >= 4 is 21.8 Å². The number of hydrogen-bond acceptors (Lipinski definition) is 4. The number of carbonyl (C=O) groups is 1. The van der Waals surface area contributed by atoms with Crippen LogP contribution in [0.15, 0.2) is 40.9 Å². The molecule has 1 N–H and O–H groups in total. The van der Waals surface area contributed by atoms with E-state index >= 15 is 0 Å². The van der Waals surface area contributed by atoms with Crippen molar-refractivity contribution < 1.29 is 14.1 Å². The Balaban J connectivity index is 2.15. The van der Waals surface area contributed by atoms with Gasteiger partial charge in [-0.1, -0.05) is 51.4 Å². The third-order valence-corrected chi connectivity index (χ3v) is 4.27. The fourth-order valence-corrected chi connectivity index (χ4v) is 2.40. The molecule has 1 amide bonds. The molecule has 21 heavy (non-hydrogen) atoms. The van der Waals surface area contributed by atoms with Crippen molar-refractivity contribution in [3.8, 4) is 0 Å². The van der Waals surface area contributed by atoms with E-state index in [0.29, 0.717) is 11.1 Å². The largest absolute Gasteiger partial charge is 0.377 e. The summed E-state index contributed by atoms with van der Waals surface area (Å²) in [7, 11) is 1.56. The molecule has 112 valence electrons. The van der Waals surface area contributed by atoms with E-state index in [-0.39, 0.29) is 18.2 Å². The highest BCUT2D eigenvalue weighted by Crippen LogP contribution is 2.23. The molecule has 0 fully saturated rings. The number of methoxy groups -OCH3 is 1. The quantitative estimate of drug-likeness (QED) is 0.811. The predicted octanol–water partition coefficient (Wildman–Crippen LogP) is 2.86. The second-order valence-electron chi connectivity index (χ2n) is 4.90. The van der Waals surface area contributed by atoms with Gasteiger partial charge in [-0.3, -0.25) is 4.79 Å². The summed E-state index contributed by atoms with van der Waals surface area (Å²) >= 11 is 3.46. The zero-order chi connectivity index (χ0) is 15.3. The summed E-state index contributed by atoms with van der Waals surface area (Å²) in [6.07, 6.45) is 0. The summed E-state index contributed by atoms with van der Waals surface area (Å²) in [4.78, 5) is 12.3. The molecule has 0 spiro atoms. The van der Waals surface area contributed by atoms with Crippen LogP contribution in [0.3, 0.4) is 0 Å². The van der Waals surface area contributed by atoms with Crippen molar-refractivity contribution in [1.82, 2.24) is 10.5 Å². The minimum Gasteiger partial charge on any atom is -0.377 e. The van der Waals surface area contributed by atoms with E-state index in [2.05, 4.69) is 26.4 Å². The second-order valence-corrected chi connectivity index (χ2v) is 5.46. The molecule has 0 radical (unpaired) electrons. The lowest BCUT2D eigenvalue weighted by Crippen LogP contribution is -2.45. The molecule has 5 nitrogen and oxygen atoms in total. The number of aromatic nitrogens is 1. The number of benzene rings is 1. The molecule has 1 heterocycles. The maximum Gasteiger partial charge on any atom is 0.274 e. The van der Waals surface area contributed by atoms with Gasteiger partial charge in [0.25, 0.3) is 5.91 Å². The van der Waals surface area contributed by atoms with E-state index < -0.39 is 5.54 Å². The van der Waals surface area contributed by atoms with Crippen LogP contribution in [0.2, 0.25) is 0 Å². The molecule has 0 saturated carbocycles. The van der Waals surface area contributed by atoms with Gasteiger partial charge >= 0.3 is 0 Å². The Hall–Kier alpha value is -1.66. The number of alkyl halides is 1. The third kappa shape index (κ3) is 3.71. The van der Waals surface area contributed by atoms with Crippen LogP contribution < -0.4 is 5.32 Å². The maximum atomic E-state index is 12.3. The lowest BCUT2D eigenvalue weighted by Gasteiger charge is -2.29. The fourth-order valence-electron chi connectivity index (χ4n) is 1.93. The number of carbonyl (C=O) groups excluding carboxylic acids is 1. The van der Waals surface area contributed by atoms with Crippen molar-refractivity contribution in [2.45, 2.75) is 19.1 Å². The molecular weight excluding hydrogens is 336 g/mol. The monoisotopic (exact) mass is 352 g/mol. The average molecular weight is 353 g/mol. The minimum absolute atomic E-state index is 0.241. The van der Waals surface area contributed by atoms with Gasteiger partial charge in [0.1, 0.15) is 6.61 Å². The average Bonchev–Trinajstić information content (AvgIpc) is 2.97. The topological polar surface area (TPSA) is 64.4 Å². The zero-order valence-corrected chi connectivity index (χ0v) is 13.5. The van der Waals surface area contributed by atoms with Crippen molar-refractivity contribution in [1.29, 1.82) is 0 Å². The highest BCUT2D eigenvalue weighted by atomic mass is 79.9. The lowest BCUT2D eigenvalue weighted by molar-refractivity contribution is 0.0904. The molecule has 1 aromatic carbocycles. The number of rotatable bonds is 6.